The summed E-state index contributed by atoms with van der Waals surface area (Å²) in [6.45, 7) is 0.448. The summed E-state index contributed by atoms with van der Waals surface area (Å²) in [7, 11) is 0. The Hall–Kier alpha value is -2.02. The summed E-state index contributed by atoms with van der Waals surface area (Å²) in [6.07, 6.45) is 3.18. The number of benzene rings is 1. The summed E-state index contributed by atoms with van der Waals surface area (Å²) in [5.74, 6) is -1.18. The van der Waals surface area contributed by atoms with E-state index in [4.69, 9.17) is 5.73 Å². The van der Waals surface area contributed by atoms with E-state index in [1.165, 1.54) is 6.07 Å². The van der Waals surface area contributed by atoms with Crippen molar-refractivity contribution in [1.29, 1.82) is 0 Å². The first-order chi connectivity index (χ1) is 9.46. The van der Waals surface area contributed by atoms with E-state index in [0.717, 1.165) is 31.4 Å². The second kappa shape index (κ2) is 5.54. The summed E-state index contributed by atoms with van der Waals surface area (Å²) >= 11 is 0. The van der Waals surface area contributed by atoms with Gasteiger partial charge in [0.15, 0.2) is 0 Å². The fourth-order valence-electron chi connectivity index (χ4n) is 2.41. The van der Waals surface area contributed by atoms with Gasteiger partial charge in [-0.25, -0.2) is 0 Å². The molecule has 0 spiro atoms. The van der Waals surface area contributed by atoms with Crippen molar-refractivity contribution < 1.29 is 14.1 Å². The number of carbonyl (C=O) groups excluding carboxylic acids is 1. The minimum absolute atomic E-state index is 0.143. The SMILES string of the molecule is NCC1(CC(=O)Nc2ccc(F)c([N+](=O)[O-])c2)CCC1. The summed E-state index contributed by atoms with van der Waals surface area (Å²) in [5, 5.41) is 13.2. The van der Waals surface area contributed by atoms with E-state index in [1.54, 1.807) is 0 Å². The van der Waals surface area contributed by atoms with E-state index in [9.17, 15) is 19.3 Å². The molecule has 0 atom stereocenters. The lowest BCUT2D eigenvalue weighted by atomic mass is 9.66. The van der Waals surface area contributed by atoms with Gasteiger partial charge >= 0.3 is 5.69 Å². The topological polar surface area (TPSA) is 98.3 Å². The molecule has 1 aromatic carbocycles. The quantitative estimate of drug-likeness (QED) is 0.638. The Morgan fingerprint density at radius 2 is 2.20 bits per heavy atom. The van der Waals surface area contributed by atoms with E-state index < -0.39 is 16.4 Å². The molecule has 0 radical (unpaired) electrons. The number of carbonyl (C=O) groups is 1. The van der Waals surface area contributed by atoms with Gasteiger partial charge in [-0.05, 0) is 36.9 Å². The number of hydrogen-bond donors (Lipinski definition) is 2. The standard InChI is InChI=1S/C13H16FN3O3/c14-10-3-2-9(6-11(10)17(19)20)16-12(18)7-13(8-15)4-1-5-13/h2-3,6H,1,4-5,7-8,15H2,(H,16,18). The summed E-state index contributed by atoms with van der Waals surface area (Å²) < 4.78 is 13.2. The van der Waals surface area contributed by atoms with Crippen molar-refractivity contribution in [3.8, 4) is 0 Å². The molecule has 1 fully saturated rings. The van der Waals surface area contributed by atoms with Crippen molar-refractivity contribution in [1.82, 2.24) is 0 Å². The number of nitrogens with zero attached hydrogens (tertiary/aromatic N) is 1. The first-order valence-corrected chi connectivity index (χ1v) is 6.40. The Morgan fingerprint density at radius 3 is 2.70 bits per heavy atom. The largest absolute Gasteiger partial charge is 0.330 e. The van der Waals surface area contributed by atoms with Crippen LogP contribution in [0.2, 0.25) is 0 Å². The number of hydrogen-bond acceptors (Lipinski definition) is 4. The number of anilines is 1. The zero-order chi connectivity index (χ0) is 14.8. The Balaban J connectivity index is 2.04. The van der Waals surface area contributed by atoms with Crippen LogP contribution in [0.25, 0.3) is 0 Å². The molecule has 3 N–H and O–H groups in total. The third-order valence-electron chi connectivity index (χ3n) is 3.81. The van der Waals surface area contributed by atoms with Gasteiger partial charge in [-0.15, -0.1) is 0 Å². The molecule has 108 valence electrons. The van der Waals surface area contributed by atoms with Gasteiger partial charge in [-0.1, -0.05) is 6.42 Å². The predicted molar refractivity (Wildman–Crippen MR) is 71.6 cm³/mol. The van der Waals surface area contributed by atoms with Crippen LogP contribution in [-0.2, 0) is 4.79 Å². The molecule has 7 heteroatoms. The number of nitrogens with one attached hydrogen (secondary N) is 1. The second-order valence-corrected chi connectivity index (χ2v) is 5.21. The lowest BCUT2D eigenvalue weighted by Gasteiger charge is -2.40. The third kappa shape index (κ3) is 2.93. The van der Waals surface area contributed by atoms with Crippen molar-refractivity contribution in [2.75, 3.05) is 11.9 Å². The molecular weight excluding hydrogens is 265 g/mol. The van der Waals surface area contributed by atoms with Crippen molar-refractivity contribution in [3.63, 3.8) is 0 Å². The molecule has 0 bridgehead atoms. The molecule has 1 aromatic rings. The Bertz CT molecular complexity index is 538. The average Bonchev–Trinajstić information content (AvgIpc) is 2.36. The van der Waals surface area contributed by atoms with Gasteiger partial charge in [0.1, 0.15) is 0 Å². The van der Waals surface area contributed by atoms with E-state index in [1.807, 2.05) is 0 Å². The first kappa shape index (κ1) is 14.4. The van der Waals surface area contributed by atoms with Gasteiger partial charge in [-0.2, -0.15) is 4.39 Å². The van der Waals surface area contributed by atoms with Gasteiger partial charge in [0.2, 0.25) is 11.7 Å². The zero-order valence-electron chi connectivity index (χ0n) is 10.9. The number of nitro benzene ring substituents is 1. The van der Waals surface area contributed by atoms with Crippen LogP contribution < -0.4 is 11.1 Å². The van der Waals surface area contributed by atoms with E-state index >= 15 is 0 Å². The molecule has 20 heavy (non-hydrogen) atoms. The molecule has 1 saturated carbocycles. The molecule has 1 aliphatic carbocycles. The number of amides is 1. The third-order valence-corrected chi connectivity index (χ3v) is 3.81. The minimum Gasteiger partial charge on any atom is -0.330 e. The molecule has 0 saturated heterocycles. The highest BCUT2D eigenvalue weighted by atomic mass is 19.1. The number of rotatable bonds is 5. The molecule has 2 rings (SSSR count). The van der Waals surface area contributed by atoms with Crippen LogP contribution >= 0.6 is 0 Å². The van der Waals surface area contributed by atoms with Crippen LogP contribution in [0.4, 0.5) is 15.8 Å². The summed E-state index contributed by atoms with van der Waals surface area (Å²) in [4.78, 5) is 21.7. The number of nitro groups is 1. The van der Waals surface area contributed by atoms with Crippen LogP contribution in [-0.4, -0.2) is 17.4 Å². The van der Waals surface area contributed by atoms with Crippen LogP contribution in [0.5, 0.6) is 0 Å². The normalized spacial score (nSPS) is 16.3. The second-order valence-electron chi connectivity index (χ2n) is 5.21. The first-order valence-electron chi connectivity index (χ1n) is 6.40. The number of nitrogens with two attached hydrogens (primary N) is 1. The highest BCUT2D eigenvalue weighted by Gasteiger charge is 2.37. The Morgan fingerprint density at radius 1 is 1.50 bits per heavy atom. The van der Waals surface area contributed by atoms with Crippen molar-refractivity contribution in [2.24, 2.45) is 11.1 Å². The van der Waals surface area contributed by atoms with Crippen LogP contribution in [0.3, 0.4) is 0 Å². The smallest absolute Gasteiger partial charge is 0.306 e. The molecule has 0 unspecified atom stereocenters. The highest BCUT2D eigenvalue weighted by molar-refractivity contribution is 5.91. The highest BCUT2D eigenvalue weighted by Crippen LogP contribution is 2.43. The van der Waals surface area contributed by atoms with Gasteiger partial charge in [-0.3, -0.25) is 14.9 Å². The molecule has 0 aliphatic heterocycles. The van der Waals surface area contributed by atoms with Gasteiger partial charge in [0.25, 0.3) is 0 Å². The molecule has 6 nitrogen and oxygen atoms in total. The zero-order valence-corrected chi connectivity index (χ0v) is 10.9. The van der Waals surface area contributed by atoms with E-state index in [0.29, 0.717) is 6.54 Å². The minimum atomic E-state index is -0.926. The number of halogens is 1. The summed E-state index contributed by atoms with van der Waals surface area (Å²) in [6, 6.07) is 3.29. The molecule has 0 aromatic heterocycles. The predicted octanol–water partition coefficient (Wildman–Crippen LogP) is 2.19. The van der Waals surface area contributed by atoms with Gasteiger partial charge in [0, 0.05) is 18.2 Å². The maximum absolute atomic E-state index is 13.2. The van der Waals surface area contributed by atoms with Crippen molar-refractivity contribution in [3.05, 3.63) is 34.1 Å². The lowest BCUT2D eigenvalue weighted by Crippen LogP contribution is -2.40. The van der Waals surface area contributed by atoms with E-state index in [2.05, 4.69) is 5.32 Å². The van der Waals surface area contributed by atoms with Crippen molar-refractivity contribution in [2.45, 2.75) is 25.7 Å². The lowest BCUT2D eigenvalue weighted by molar-refractivity contribution is -0.387. The molecular formula is C13H16FN3O3. The van der Waals surface area contributed by atoms with Gasteiger partial charge < -0.3 is 11.1 Å². The average molecular weight is 281 g/mol. The Kier molecular flexibility index (Phi) is 3.99. The maximum Gasteiger partial charge on any atom is 0.306 e. The maximum atomic E-state index is 13.2. The molecule has 1 amide bonds. The van der Waals surface area contributed by atoms with Crippen LogP contribution in [0.1, 0.15) is 25.7 Å². The summed E-state index contributed by atoms with van der Waals surface area (Å²) in [5.41, 5.74) is 5.10. The van der Waals surface area contributed by atoms with Crippen molar-refractivity contribution >= 4 is 17.3 Å². The fourth-order valence-corrected chi connectivity index (χ4v) is 2.41. The van der Waals surface area contributed by atoms with Crippen LogP contribution in [0, 0.1) is 21.3 Å². The van der Waals surface area contributed by atoms with Gasteiger partial charge in [0.05, 0.1) is 4.92 Å². The molecule has 0 heterocycles. The Labute approximate surface area is 115 Å². The fraction of sp³-hybridized carbons (Fsp3) is 0.462. The van der Waals surface area contributed by atoms with Crippen LogP contribution in [0.15, 0.2) is 18.2 Å². The van der Waals surface area contributed by atoms with E-state index in [-0.39, 0.29) is 23.4 Å². The molecule has 1 aliphatic rings. The monoisotopic (exact) mass is 281 g/mol.